The molecule has 0 saturated carbocycles. The molecule has 3 N–H and O–H groups in total. The van der Waals surface area contributed by atoms with Crippen LogP contribution in [0, 0.1) is 0 Å². The van der Waals surface area contributed by atoms with Gasteiger partial charge in [-0.25, -0.2) is 0 Å². The van der Waals surface area contributed by atoms with Gasteiger partial charge in [0.05, 0.1) is 5.75 Å². The lowest BCUT2D eigenvalue weighted by atomic mass is 10.2. The summed E-state index contributed by atoms with van der Waals surface area (Å²) in [7, 11) is 0. The summed E-state index contributed by atoms with van der Waals surface area (Å²) in [5, 5.41) is 3.37. The lowest BCUT2D eigenvalue weighted by Crippen LogP contribution is -2.22. The van der Waals surface area contributed by atoms with E-state index in [1.54, 1.807) is 0 Å². The number of nitrogens with two attached hydrogens (primary N) is 1. The molecule has 0 heterocycles. The molecule has 1 aromatic carbocycles. The molecule has 0 fully saturated rings. The first kappa shape index (κ1) is 14.5. The number of carbonyl (C=O) groups is 1. The molecule has 0 aliphatic rings. The molecule has 0 aromatic heterocycles. The molecule has 0 radical (unpaired) electrons. The Balaban J connectivity index is 2.76. The third-order valence-electron chi connectivity index (χ3n) is 2.09. The number of hydrogen-bond donors (Lipinski definition) is 2. The summed E-state index contributed by atoms with van der Waals surface area (Å²) < 4.78 is 1.04. The Bertz CT molecular complexity index is 396. The average Bonchev–Trinajstić information content (AvgIpc) is 2.24. The van der Waals surface area contributed by atoms with Crippen molar-refractivity contribution in [3.05, 3.63) is 28.2 Å². The molecule has 0 bridgehead atoms. The molecule has 1 rings (SSSR count). The van der Waals surface area contributed by atoms with Crippen molar-refractivity contribution in [2.75, 3.05) is 5.75 Å². The number of nitrogens with one attached hydrogen (secondary N) is 1. The van der Waals surface area contributed by atoms with Crippen molar-refractivity contribution < 1.29 is 4.79 Å². The van der Waals surface area contributed by atoms with Gasteiger partial charge in [0.2, 0.25) is 5.91 Å². The number of rotatable bonds is 6. The van der Waals surface area contributed by atoms with Gasteiger partial charge in [0.25, 0.3) is 0 Å². The highest BCUT2D eigenvalue weighted by atomic mass is 79.9. The minimum atomic E-state index is -0.291. The highest BCUT2D eigenvalue weighted by molar-refractivity contribution is 9.10. The van der Waals surface area contributed by atoms with Gasteiger partial charge in [-0.15, -0.1) is 11.8 Å². The lowest BCUT2D eigenvalue weighted by molar-refractivity contribution is -0.115. The zero-order valence-corrected chi connectivity index (χ0v) is 12.4. The van der Waals surface area contributed by atoms with E-state index >= 15 is 0 Å². The highest BCUT2D eigenvalue weighted by Crippen LogP contribution is 2.25. The van der Waals surface area contributed by atoms with E-state index in [1.807, 2.05) is 12.1 Å². The monoisotopic (exact) mass is 316 g/mol. The van der Waals surface area contributed by atoms with Crippen molar-refractivity contribution in [2.45, 2.75) is 31.3 Å². The van der Waals surface area contributed by atoms with E-state index in [1.165, 1.54) is 17.3 Å². The van der Waals surface area contributed by atoms with Crippen LogP contribution in [0.1, 0.15) is 19.4 Å². The van der Waals surface area contributed by atoms with Crippen LogP contribution in [0.25, 0.3) is 0 Å². The Morgan fingerprint density at radius 2 is 2.24 bits per heavy atom. The molecule has 0 spiro atoms. The van der Waals surface area contributed by atoms with Gasteiger partial charge in [-0.1, -0.05) is 29.8 Å². The van der Waals surface area contributed by atoms with Crippen molar-refractivity contribution in [1.82, 2.24) is 5.32 Å². The summed E-state index contributed by atoms with van der Waals surface area (Å²) >= 11 is 4.93. The van der Waals surface area contributed by atoms with Gasteiger partial charge >= 0.3 is 0 Å². The molecule has 0 unspecified atom stereocenters. The number of halogens is 1. The van der Waals surface area contributed by atoms with Crippen molar-refractivity contribution in [2.24, 2.45) is 5.73 Å². The Kier molecular flexibility index (Phi) is 6.02. The molecule has 0 atom stereocenters. The van der Waals surface area contributed by atoms with Crippen LogP contribution >= 0.6 is 27.7 Å². The zero-order valence-electron chi connectivity index (χ0n) is 10.00. The SMILES string of the molecule is CC(C)NCc1cc(Br)ccc1SCC(N)=O. The number of amides is 1. The van der Waals surface area contributed by atoms with E-state index in [0.717, 1.165) is 15.9 Å². The quantitative estimate of drug-likeness (QED) is 0.793. The highest BCUT2D eigenvalue weighted by Gasteiger charge is 2.06. The summed E-state index contributed by atoms with van der Waals surface area (Å²) in [4.78, 5) is 11.9. The molecular formula is C12H17BrN2OS. The number of primary amides is 1. The zero-order chi connectivity index (χ0) is 12.8. The van der Waals surface area contributed by atoms with Gasteiger partial charge in [-0.2, -0.15) is 0 Å². The van der Waals surface area contributed by atoms with Crippen LogP contribution in [0.3, 0.4) is 0 Å². The number of thioether (sulfide) groups is 1. The third kappa shape index (κ3) is 5.57. The number of benzene rings is 1. The first-order valence-corrected chi connectivity index (χ1v) is 7.20. The Hall–Kier alpha value is -0.520. The fourth-order valence-electron chi connectivity index (χ4n) is 1.29. The molecular weight excluding hydrogens is 300 g/mol. The van der Waals surface area contributed by atoms with Crippen LogP contribution in [0.2, 0.25) is 0 Å². The molecule has 94 valence electrons. The normalized spacial score (nSPS) is 10.8. The molecule has 0 aliphatic carbocycles. The maximum absolute atomic E-state index is 10.8. The average molecular weight is 317 g/mol. The molecule has 1 aromatic rings. The van der Waals surface area contributed by atoms with E-state index in [-0.39, 0.29) is 5.91 Å². The van der Waals surface area contributed by atoms with Crippen LogP contribution in [-0.4, -0.2) is 17.7 Å². The predicted octanol–water partition coefficient (Wildman–Crippen LogP) is 2.52. The Morgan fingerprint density at radius 1 is 1.53 bits per heavy atom. The largest absolute Gasteiger partial charge is 0.369 e. The summed E-state index contributed by atoms with van der Waals surface area (Å²) in [5.41, 5.74) is 6.34. The topological polar surface area (TPSA) is 55.1 Å². The second-order valence-electron chi connectivity index (χ2n) is 4.04. The van der Waals surface area contributed by atoms with Gasteiger partial charge in [-0.05, 0) is 23.8 Å². The van der Waals surface area contributed by atoms with Gasteiger partial charge < -0.3 is 11.1 Å². The van der Waals surface area contributed by atoms with Crippen molar-refractivity contribution in [3.8, 4) is 0 Å². The van der Waals surface area contributed by atoms with E-state index in [0.29, 0.717) is 11.8 Å². The smallest absolute Gasteiger partial charge is 0.227 e. The van der Waals surface area contributed by atoms with Gasteiger partial charge in [0, 0.05) is 22.0 Å². The van der Waals surface area contributed by atoms with Crippen LogP contribution < -0.4 is 11.1 Å². The van der Waals surface area contributed by atoms with Gasteiger partial charge in [-0.3, -0.25) is 4.79 Å². The number of hydrogen-bond acceptors (Lipinski definition) is 3. The molecule has 17 heavy (non-hydrogen) atoms. The first-order valence-electron chi connectivity index (χ1n) is 5.42. The Morgan fingerprint density at radius 3 is 2.82 bits per heavy atom. The summed E-state index contributed by atoms with van der Waals surface area (Å²) in [6, 6.07) is 6.48. The second-order valence-corrected chi connectivity index (χ2v) is 5.98. The molecule has 0 aliphatic heterocycles. The van der Waals surface area contributed by atoms with Crippen LogP contribution in [0.15, 0.2) is 27.6 Å². The first-order chi connectivity index (χ1) is 7.99. The Labute approximate surface area is 115 Å². The fourth-order valence-corrected chi connectivity index (χ4v) is 2.48. The fraction of sp³-hybridized carbons (Fsp3) is 0.417. The standard InChI is InChI=1S/C12H17BrN2OS/c1-8(2)15-6-9-5-10(13)3-4-11(9)17-7-12(14)16/h3-5,8,15H,6-7H2,1-2H3,(H2,14,16). The second kappa shape index (κ2) is 7.03. The summed E-state index contributed by atoms with van der Waals surface area (Å²) in [6.45, 7) is 5.00. The number of carbonyl (C=O) groups excluding carboxylic acids is 1. The maximum Gasteiger partial charge on any atom is 0.227 e. The lowest BCUT2D eigenvalue weighted by Gasteiger charge is -2.12. The van der Waals surface area contributed by atoms with E-state index in [9.17, 15) is 4.79 Å². The minimum Gasteiger partial charge on any atom is -0.369 e. The minimum absolute atomic E-state index is 0.291. The molecule has 3 nitrogen and oxygen atoms in total. The summed E-state index contributed by atoms with van der Waals surface area (Å²) in [5.74, 6) is 0.0248. The van der Waals surface area contributed by atoms with Gasteiger partial charge in [0.15, 0.2) is 0 Å². The molecule has 1 amide bonds. The van der Waals surface area contributed by atoms with Crippen molar-refractivity contribution >= 4 is 33.6 Å². The molecule has 5 heteroatoms. The van der Waals surface area contributed by atoms with Crippen LogP contribution in [0.5, 0.6) is 0 Å². The van der Waals surface area contributed by atoms with Crippen LogP contribution in [-0.2, 0) is 11.3 Å². The van der Waals surface area contributed by atoms with Crippen LogP contribution in [0.4, 0.5) is 0 Å². The predicted molar refractivity (Wildman–Crippen MR) is 76.0 cm³/mol. The van der Waals surface area contributed by atoms with E-state index < -0.39 is 0 Å². The van der Waals surface area contributed by atoms with Crippen molar-refractivity contribution in [3.63, 3.8) is 0 Å². The molecule has 0 saturated heterocycles. The van der Waals surface area contributed by atoms with Crippen molar-refractivity contribution in [1.29, 1.82) is 0 Å². The van der Waals surface area contributed by atoms with Gasteiger partial charge in [0.1, 0.15) is 0 Å². The maximum atomic E-state index is 10.8. The third-order valence-corrected chi connectivity index (χ3v) is 3.72. The van der Waals surface area contributed by atoms with E-state index in [4.69, 9.17) is 5.73 Å². The summed E-state index contributed by atoms with van der Waals surface area (Å²) in [6.07, 6.45) is 0. The van der Waals surface area contributed by atoms with E-state index in [2.05, 4.69) is 41.2 Å².